The Hall–Kier alpha value is -3.62. The average Bonchev–Trinajstić information content (AvgIpc) is 3.15. The highest BCUT2D eigenvalue weighted by Crippen LogP contribution is 2.32. The number of amides is 2. The molecule has 28 heavy (non-hydrogen) atoms. The number of halogens is 1. The Kier molecular flexibility index (Phi) is 5.73. The molecule has 0 bridgehead atoms. The van der Waals surface area contributed by atoms with Crippen molar-refractivity contribution in [1.82, 2.24) is 4.90 Å². The molecule has 0 aromatic heterocycles. The topological polar surface area (TPSA) is 94.2 Å². The molecule has 1 aliphatic heterocycles. The number of fused-ring (bicyclic) bond motifs is 1. The van der Waals surface area contributed by atoms with Crippen LogP contribution in [-0.2, 0) is 14.3 Å². The number of rotatable bonds is 6. The van der Waals surface area contributed by atoms with Crippen molar-refractivity contribution in [2.75, 3.05) is 32.3 Å². The fourth-order valence-corrected chi connectivity index (χ4v) is 2.38. The standard InChI is InChI=1S/C19H17FN2O6/c1-22(9-17(23)21-14-5-3-13(20)4-6-14)18(24)10-26-19(25)12-2-7-15-16(8-12)28-11-27-15/h2-8H,9-11H2,1H3,(H,21,23). The molecule has 2 aromatic carbocycles. The summed E-state index contributed by atoms with van der Waals surface area (Å²) in [5.41, 5.74) is 0.621. The summed E-state index contributed by atoms with van der Waals surface area (Å²) in [5, 5.41) is 2.54. The third-order valence-electron chi connectivity index (χ3n) is 3.87. The van der Waals surface area contributed by atoms with Crippen molar-refractivity contribution < 1.29 is 33.0 Å². The van der Waals surface area contributed by atoms with Gasteiger partial charge in [-0.05, 0) is 42.5 Å². The van der Waals surface area contributed by atoms with Crippen LogP contribution < -0.4 is 14.8 Å². The first-order valence-corrected chi connectivity index (χ1v) is 8.28. The Balaban J connectivity index is 1.46. The maximum atomic E-state index is 12.9. The zero-order chi connectivity index (χ0) is 20.1. The van der Waals surface area contributed by atoms with Crippen LogP contribution in [0.5, 0.6) is 11.5 Å². The van der Waals surface area contributed by atoms with E-state index in [1.54, 1.807) is 6.07 Å². The number of hydrogen-bond donors (Lipinski definition) is 1. The number of ether oxygens (including phenoxy) is 3. The van der Waals surface area contributed by atoms with Gasteiger partial charge in [-0.1, -0.05) is 0 Å². The van der Waals surface area contributed by atoms with E-state index in [1.807, 2.05) is 0 Å². The van der Waals surface area contributed by atoms with Crippen LogP contribution in [0.1, 0.15) is 10.4 Å². The van der Waals surface area contributed by atoms with Crippen molar-refractivity contribution in [3.8, 4) is 11.5 Å². The summed E-state index contributed by atoms with van der Waals surface area (Å²) in [4.78, 5) is 37.2. The molecule has 1 heterocycles. The van der Waals surface area contributed by atoms with E-state index < -0.39 is 30.2 Å². The quantitative estimate of drug-likeness (QED) is 0.759. The molecule has 0 spiro atoms. The number of anilines is 1. The summed E-state index contributed by atoms with van der Waals surface area (Å²) >= 11 is 0. The van der Waals surface area contributed by atoms with Crippen LogP contribution in [0.4, 0.5) is 10.1 Å². The highest BCUT2D eigenvalue weighted by Gasteiger charge is 2.19. The van der Waals surface area contributed by atoms with Gasteiger partial charge in [0.05, 0.1) is 12.1 Å². The minimum absolute atomic E-state index is 0.0805. The summed E-state index contributed by atoms with van der Waals surface area (Å²) in [5.74, 6) is -1.19. The van der Waals surface area contributed by atoms with Gasteiger partial charge in [0.25, 0.3) is 5.91 Å². The molecule has 3 rings (SSSR count). The van der Waals surface area contributed by atoms with Gasteiger partial charge in [0.1, 0.15) is 5.82 Å². The van der Waals surface area contributed by atoms with E-state index in [0.717, 1.165) is 4.90 Å². The van der Waals surface area contributed by atoms with Crippen LogP contribution in [0, 0.1) is 5.82 Å². The van der Waals surface area contributed by atoms with Gasteiger partial charge >= 0.3 is 5.97 Å². The van der Waals surface area contributed by atoms with E-state index in [0.29, 0.717) is 17.2 Å². The second kappa shape index (κ2) is 8.38. The number of hydrogen-bond acceptors (Lipinski definition) is 6. The number of nitrogens with one attached hydrogen (secondary N) is 1. The molecule has 0 atom stereocenters. The van der Waals surface area contributed by atoms with Crippen molar-refractivity contribution in [2.45, 2.75) is 0 Å². The number of esters is 1. The Labute approximate surface area is 159 Å². The minimum Gasteiger partial charge on any atom is -0.454 e. The second-order valence-corrected chi connectivity index (χ2v) is 5.95. The van der Waals surface area contributed by atoms with Gasteiger partial charge in [-0.25, -0.2) is 9.18 Å². The number of likely N-dealkylation sites (N-methyl/N-ethyl adjacent to an activating group) is 1. The molecule has 0 radical (unpaired) electrons. The normalized spacial score (nSPS) is 11.6. The fourth-order valence-electron chi connectivity index (χ4n) is 2.38. The van der Waals surface area contributed by atoms with Crippen LogP contribution in [0.25, 0.3) is 0 Å². The van der Waals surface area contributed by atoms with Crippen LogP contribution in [0.2, 0.25) is 0 Å². The summed E-state index contributed by atoms with van der Waals surface area (Å²) in [6, 6.07) is 9.77. The van der Waals surface area contributed by atoms with Crippen molar-refractivity contribution in [2.24, 2.45) is 0 Å². The molecule has 9 heteroatoms. The van der Waals surface area contributed by atoms with Gasteiger partial charge < -0.3 is 24.4 Å². The van der Waals surface area contributed by atoms with Crippen molar-refractivity contribution in [1.29, 1.82) is 0 Å². The van der Waals surface area contributed by atoms with Gasteiger partial charge in [0.15, 0.2) is 18.1 Å². The highest BCUT2D eigenvalue weighted by molar-refractivity contribution is 5.95. The predicted octanol–water partition coefficient (Wildman–Crippen LogP) is 1.81. The first kappa shape index (κ1) is 19.2. The second-order valence-electron chi connectivity index (χ2n) is 5.95. The van der Waals surface area contributed by atoms with E-state index in [2.05, 4.69) is 5.32 Å². The molecule has 0 unspecified atom stereocenters. The third-order valence-corrected chi connectivity index (χ3v) is 3.87. The lowest BCUT2D eigenvalue weighted by molar-refractivity contribution is -0.136. The molecule has 1 N–H and O–H groups in total. The summed E-state index contributed by atoms with van der Waals surface area (Å²) in [7, 11) is 1.40. The summed E-state index contributed by atoms with van der Waals surface area (Å²) in [6.45, 7) is -0.692. The van der Waals surface area contributed by atoms with E-state index >= 15 is 0 Å². The summed E-state index contributed by atoms with van der Waals surface area (Å²) < 4.78 is 28.2. The molecular formula is C19H17FN2O6. The van der Waals surface area contributed by atoms with Gasteiger partial charge in [-0.15, -0.1) is 0 Å². The molecule has 0 fully saturated rings. The van der Waals surface area contributed by atoms with Gasteiger partial charge in [0.2, 0.25) is 12.7 Å². The van der Waals surface area contributed by atoms with E-state index in [9.17, 15) is 18.8 Å². The molecular weight excluding hydrogens is 371 g/mol. The lowest BCUT2D eigenvalue weighted by Crippen LogP contribution is -2.37. The highest BCUT2D eigenvalue weighted by atomic mass is 19.1. The van der Waals surface area contributed by atoms with Crippen LogP contribution in [0.3, 0.4) is 0 Å². The lowest BCUT2D eigenvalue weighted by atomic mass is 10.2. The van der Waals surface area contributed by atoms with Gasteiger partial charge in [-0.2, -0.15) is 0 Å². The van der Waals surface area contributed by atoms with Crippen molar-refractivity contribution >= 4 is 23.5 Å². The van der Waals surface area contributed by atoms with E-state index in [-0.39, 0.29) is 18.9 Å². The fraction of sp³-hybridized carbons (Fsp3) is 0.211. The Morgan fingerprint density at radius 3 is 2.57 bits per heavy atom. The monoisotopic (exact) mass is 388 g/mol. The van der Waals surface area contributed by atoms with Crippen molar-refractivity contribution in [3.63, 3.8) is 0 Å². The first-order chi connectivity index (χ1) is 13.4. The number of nitrogens with zero attached hydrogens (tertiary/aromatic N) is 1. The molecule has 2 aromatic rings. The first-order valence-electron chi connectivity index (χ1n) is 8.28. The Morgan fingerprint density at radius 1 is 1.11 bits per heavy atom. The number of carbonyl (C=O) groups is 3. The molecule has 0 saturated heterocycles. The van der Waals surface area contributed by atoms with E-state index in [1.165, 1.54) is 43.4 Å². The van der Waals surface area contributed by atoms with Gasteiger partial charge in [0, 0.05) is 12.7 Å². The summed E-state index contributed by atoms with van der Waals surface area (Å²) in [6.07, 6.45) is 0. The number of benzene rings is 2. The zero-order valence-electron chi connectivity index (χ0n) is 14.9. The molecule has 0 aliphatic carbocycles. The van der Waals surface area contributed by atoms with Crippen LogP contribution in [-0.4, -0.2) is 49.7 Å². The molecule has 2 amide bonds. The van der Waals surface area contributed by atoms with Crippen LogP contribution in [0.15, 0.2) is 42.5 Å². The maximum Gasteiger partial charge on any atom is 0.338 e. The Bertz CT molecular complexity index is 900. The van der Waals surface area contributed by atoms with Gasteiger partial charge in [-0.3, -0.25) is 9.59 Å². The molecule has 0 saturated carbocycles. The minimum atomic E-state index is -0.698. The third kappa shape index (κ3) is 4.76. The molecule has 1 aliphatic rings. The number of carbonyl (C=O) groups excluding carboxylic acids is 3. The smallest absolute Gasteiger partial charge is 0.338 e. The van der Waals surface area contributed by atoms with Crippen molar-refractivity contribution in [3.05, 3.63) is 53.8 Å². The predicted molar refractivity (Wildman–Crippen MR) is 95.5 cm³/mol. The largest absolute Gasteiger partial charge is 0.454 e. The maximum absolute atomic E-state index is 12.9. The molecule has 8 nitrogen and oxygen atoms in total. The lowest BCUT2D eigenvalue weighted by Gasteiger charge is -2.16. The SMILES string of the molecule is CN(CC(=O)Nc1ccc(F)cc1)C(=O)COC(=O)c1ccc2c(c1)OCO2. The van der Waals surface area contributed by atoms with E-state index in [4.69, 9.17) is 14.2 Å². The average molecular weight is 388 g/mol. The Morgan fingerprint density at radius 2 is 1.82 bits per heavy atom. The molecule has 146 valence electrons. The van der Waals surface area contributed by atoms with Crippen LogP contribution >= 0.6 is 0 Å². The zero-order valence-corrected chi connectivity index (χ0v) is 14.9.